The normalized spacial score (nSPS) is 11.2. The SMILES string of the molecule is Cc1sc(CCc2ccc(C=CCO)cc2)nc1-c1ccccc1. The highest BCUT2D eigenvalue weighted by Crippen LogP contribution is 2.28. The van der Waals surface area contributed by atoms with E-state index in [-0.39, 0.29) is 6.61 Å². The second kappa shape index (κ2) is 8.04. The Kier molecular flexibility index (Phi) is 5.57. The standard InChI is InChI=1S/C21H21NOS/c1-16-21(19-7-3-2-4-8-19)22-20(24-16)14-13-18-11-9-17(10-12-18)6-5-15-23/h2-12,23H,13-15H2,1H3. The lowest BCUT2D eigenvalue weighted by Crippen LogP contribution is -1.91. The van der Waals surface area contributed by atoms with Crippen molar-refractivity contribution in [3.05, 3.63) is 81.7 Å². The maximum Gasteiger partial charge on any atom is 0.0938 e. The molecular weight excluding hydrogens is 314 g/mol. The van der Waals surface area contributed by atoms with Gasteiger partial charge in [0.2, 0.25) is 0 Å². The second-order valence-electron chi connectivity index (χ2n) is 5.70. The van der Waals surface area contributed by atoms with E-state index in [1.165, 1.54) is 21.0 Å². The molecule has 0 radical (unpaired) electrons. The number of aliphatic hydroxyl groups is 1. The summed E-state index contributed by atoms with van der Waals surface area (Å²) in [5.74, 6) is 0. The zero-order valence-corrected chi connectivity index (χ0v) is 14.6. The number of aryl methyl sites for hydroxylation is 3. The van der Waals surface area contributed by atoms with Crippen molar-refractivity contribution in [3.63, 3.8) is 0 Å². The third kappa shape index (κ3) is 4.19. The van der Waals surface area contributed by atoms with E-state index < -0.39 is 0 Å². The highest BCUT2D eigenvalue weighted by Gasteiger charge is 2.09. The molecule has 0 fully saturated rings. The fourth-order valence-corrected chi connectivity index (χ4v) is 3.61. The Morgan fingerprint density at radius 3 is 2.46 bits per heavy atom. The number of thiazole rings is 1. The molecule has 122 valence electrons. The molecule has 0 saturated carbocycles. The molecule has 0 spiro atoms. The van der Waals surface area contributed by atoms with Crippen LogP contribution in [0, 0.1) is 6.92 Å². The minimum atomic E-state index is 0.0783. The van der Waals surface area contributed by atoms with Crippen LogP contribution < -0.4 is 0 Å². The van der Waals surface area contributed by atoms with Gasteiger partial charge in [0.1, 0.15) is 0 Å². The van der Waals surface area contributed by atoms with E-state index in [9.17, 15) is 0 Å². The zero-order chi connectivity index (χ0) is 16.8. The molecule has 1 N–H and O–H groups in total. The quantitative estimate of drug-likeness (QED) is 0.694. The molecule has 0 atom stereocenters. The highest BCUT2D eigenvalue weighted by molar-refractivity contribution is 7.12. The Hall–Kier alpha value is -2.23. The largest absolute Gasteiger partial charge is 0.392 e. The Labute approximate surface area is 147 Å². The molecule has 0 bridgehead atoms. The number of aliphatic hydroxyl groups excluding tert-OH is 1. The maximum atomic E-state index is 8.81. The van der Waals surface area contributed by atoms with Gasteiger partial charge in [0.05, 0.1) is 17.3 Å². The van der Waals surface area contributed by atoms with Crippen molar-refractivity contribution in [2.75, 3.05) is 6.61 Å². The molecule has 2 aromatic carbocycles. The van der Waals surface area contributed by atoms with Crippen molar-refractivity contribution in [2.45, 2.75) is 19.8 Å². The Morgan fingerprint density at radius 2 is 1.75 bits per heavy atom. The lowest BCUT2D eigenvalue weighted by Gasteiger charge is -2.00. The van der Waals surface area contributed by atoms with Crippen molar-refractivity contribution < 1.29 is 5.11 Å². The fraction of sp³-hybridized carbons (Fsp3) is 0.190. The third-order valence-corrected chi connectivity index (χ3v) is 4.94. The smallest absolute Gasteiger partial charge is 0.0938 e. The van der Waals surface area contributed by atoms with Crippen molar-refractivity contribution >= 4 is 17.4 Å². The lowest BCUT2D eigenvalue weighted by atomic mass is 10.1. The number of rotatable bonds is 6. The van der Waals surface area contributed by atoms with E-state index in [0.29, 0.717) is 0 Å². The lowest BCUT2D eigenvalue weighted by molar-refractivity contribution is 0.343. The molecule has 0 aliphatic rings. The van der Waals surface area contributed by atoms with Crippen LogP contribution in [0.1, 0.15) is 21.0 Å². The minimum Gasteiger partial charge on any atom is -0.392 e. The molecular formula is C21H21NOS. The number of nitrogens with zero attached hydrogens (tertiary/aromatic N) is 1. The molecule has 3 heteroatoms. The van der Waals surface area contributed by atoms with Gasteiger partial charge in [-0.3, -0.25) is 0 Å². The predicted octanol–water partition coefficient (Wildman–Crippen LogP) is 4.91. The number of hydrogen-bond acceptors (Lipinski definition) is 3. The summed E-state index contributed by atoms with van der Waals surface area (Å²) in [7, 11) is 0. The molecule has 0 saturated heterocycles. The van der Waals surface area contributed by atoms with Crippen LogP contribution in [-0.4, -0.2) is 16.7 Å². The van der Waals surface area contributed by atoms with Crippen LogP contribution in [0.5, 0.6) is 0 Å². The summed E-state index contributed by atoms with van der Waals surface area (Å²) in [6, 6.07) is 18.8. The van der Waals surface area contributed by atoms with E-state index in [1.54, 1.807) is 17.4 Å². The van der Waals surface area contributed by atoms with Crippen molar-refractivity contribution in [3.8, 4) is 11.3 Å². The van der Waals surface area contributed by atoms with Gasteiger partial charge < -0.3 is 5.11 Å². The Bertz CT molecular complexity index is 804. The monoisotopic (exact) mass is 335 g/mol. The first-order valence-corrected chi connectivity index (χ1v) is 8.96. The summed E-state index contributed by atoms with van der Waals surface area (Å²) in [4.78, 5) is 6.11. The molecule has 3 rings (SSSR count). The second-order valence-corrected chi connectivity index (χ2v) is 6.99. The summed E-state index contributed by atoms with van der Waals surface area (Å²) in [6.07, 6.45) is 5.63. The van der Waals surface area contributed by atoms with Crippen LogP contribution in [0.15, 0.2) is 60.7 Å². The summed E-state index contributed by atoms with van der Waals surface area (Å²) < 4.78 is 0. The average molecular weight is 335 g/mol. The van der Waals surface area contributed by atoms with Crippen molar-refractivity contribution in [1.82, 2.24) is 4.98 Å². The Balaban J connectivity index is 1.66. The van der Waals surface area contributed by atoms with Gasteiger partial charge in [0.25, 0.3) is 0 Å². The topological polar surface area (TPSA) is 33.1 Å². The van der Waals surface area contributed by atoms with Crippen LogP contribution in [0.25, 0.3) is 17.3 Å². The fourth-order valence-electron chi connectivity index (χ4n) is 2.66. The number of benzene rings is 2. The van der Waals surface area contributed by atoms with Crippen LogP contribution in [0.3, 0.4) is 0 Å². The first kappa shape index (κ1) is 16.6. The summed E-state index contributed by atoms with van der Waals surface area (Å²) in [6.45, 7) is 2.22. The van der Waals surface area contributed by atoms with Gasteiger partial charge in [-0.15, -0.1) is 11.3 Å². The van der Waals surface area contributed by atoms with Crippen molar-refractivity contribution in [1.29, 1.82) is 0 Å². The molecule has 2 nitrogen and oxygen atoms in total. The van der Waals surface area contributed by atoms with E-state index in [1.807, 2.05) is 12.1 Å². The molecule has 3 aromatic rings. The first-order valence-electron chi connectivity index (χ1n) is 8.14. The molecule has 0 aliphatic carbocycles. The molecule has 0 amide bonds. The summed E-state index contributed by atoms with van der Waals surface area (Å²) in [5, 5.41) is 10.00. The van der Waals surface area contributed by atoms with Gasteiger partial charge in [0, 0.05) is 16.9 Å². The third-order valence-electron chi connectivity index (χ3n) is 3.91. The van der Waals surface area contributed by atoms with E-state index >= 15 is 0 Å². The van der Waals surface area contributed by atoms with Crippen LogP contribution in [-0.2, 0) is 12.8 Å². The minimum absolute atomic E-state index is 0.0783. The zero-order valence-electron chi connectivity index (χ0n) is 13.8. The van der Waals surface area contributed by atoms with Crippen LogP contribution in [0.4, 0.5) is 0 Å². The summed E-state index contributed by atoms with van der Waals surface area (Å²) >= 11 is 1.79. The van der Waals surface area contributed by atoms with E-state index in [2.05, 4.69) is 55.5 Å². The first-order chi connectivity index (χ1) is 11.8. The van der Waals surface area contributed by atoms with E-state index in [4.69, 9.17) is 10.1 Å². The van der Waals surface area contributed by atoms with Gasteiger partial charge in [-0.1, -0.05) is 66.7 Å². The molecule has 24 heavy (non-hydrogen) atoms. The molecule has 0 aliphatic heterocycles. The summed E-state index contributed by atoms with van der Waals surface area (Å²) in [5.41, 5.74) is 4.73. The predicted molar refractivity (Wildman–Crippen MR) is 102 cm³/mol. The van der Waals surface area contributed by atoms with Gasteiger partial charge in [-0.2, -0.15) is 0 Å². The molecule has 1 heterocycles. The van der Waals surface area contributed by atoms with Crippen LogP contribution >= 0.6 is 11.3 Å². The van der Waals surface area contributed by atoms with E-state index in [0.717, 1.165) is 24.1 Å². The number of aromatic nitrogens is 1. The van der Waals surface area contributed by atoms with Crippen LogP contribution in [0.2, 0.25) is 0 Å². The van der Waals surface area contributed by atoms with Gasteiger partial charge in [-0.05, 0) is 24.5 Å². The average Bonchev–Trinajstić information content (AvgIpc) is 3.00. The van der Waals surface area contributed by atoms with Gasteiger partial charge >= 0.3 is 0 Å². The number of hydrogen-bond donors (Lipinski definition) is 1. The molecule has 1 aromatic heterocycles. The van der Waals surface area contributed by atoms with Gasteiger partial charge in [0.15, 0.2) is 0 Å². The highest BCUT2D eigenvalue weighted by atomic mass is 32.1. The van der Waals surface area contributed by atoms with Gasteiger partial charge in [-0.25, -0.2) is 4.98 Å². The molecule has 0 unspecified atom stereocenters. The Morgan fingerprint density at radius 1 is 1.00 bits per heavy atom. The van der Waals surface area contributed by atoms with Crippen molar-refractivity contribution in [2.24, 2.45) is 0 Å². The maximum absolute atomic E-state index is 8.81.